The first-order valence-electron chi connectivity index (χ1n) is 6.09. The van der Waals surface area contributed by atoms with Crippen LogP contribution < -0.4 is 10.6 Å². The lowest BCUT2D eigenvalue weighted by Gasteiger charge is -2.18. The van der Waals surface area contributed by atoms with Gasteiger partial charge < -0.3 is 15.4 Å². The molecule has 0 aromatic rings. The van der Waals surface area contributed by atoms with Gasteiger partial charge in [0.25, 0.3) is 0 Å². The Kier molecular flexibility index (Phi) is 5.87. The van der Waals surface area contributed by atoms with Crippen LogP contribution in [0, 0.1) is 5.92 Å². The first-order chi connectivity index (χ1) is 8.44. The van der Waals surface area contributed by atoms with Gasteiger partial charge in [-0.3, -0.25) is 4.79 Å². The average molecular weight is 268 g/mol. The fourth-order valence-corrected chi connectivity index (χ4v) is 1.80. The molecule has 0 bridgehead atoms. The van der Waals surface area contributed by atoms with Gasteiger partial charge in [0.1, 0.15) is 0 Å². The Hall–Kier alpha value is -0.820. The maximum Gasteiger partial charge on any atom is 0.390 e. The predicted octanol–water partition coefficient (Wildman–Crippen LogP) is 1.07. The molecule has 2 atom stereocenters. The quantitative estimate of drug-likeness (QED) is 0.757. The molecule has 1 saturated heterocycles. The molecule has 2 unspecified atom stereocenters. The number of hydrogen-bond acceptors (Lipinski definition) is 3. The van der Waals surface area contributed by atoms with Crippen LogP contribution >= 0.6 is 0 Å². The van der Waals surface area contributed by atoms with Gasteiger partial charge in [0, 0.05) is 12.6 Å². The Labute approximate surface area is 104 Å². The molecule has 1 fully saturated rings. The zero-order valence-corrected chi connectivity index (χ0v) is 10.3. The molecule has 0 aromatic heterocycles. The Morgan fingerprint density at radius 2 is 2.06 bits per heavy atom. The van der Waals surface area contributed by atoms with E-state index in [1.165, 1.54) is 0 Å². The highest BCUT2D eigenvalue weighted by Gasteiger charge is 2.34. The van der Waals surface area contributed by atoms with Crippen molar-refractivity contribution in [3.63, 3.8) is 0 Å². The summed E-state index contributed by atoms with van der Waals surface area (Å²) in [5.41, 5.74) is 0. The molecule has 0 spiro atoms. The number of rotatable bonds is 6. The van der Waals surface area contributed by atoms with Crippen LogP contribution in [-0.2, 0) is 9.53 Å². The van der Waals surface area contributed by atoms with Gasteiger partial charge in [-0.05, 0) is 13.0 Å². The van der Waals surface area contributed by atoms with Crippen LogP contribution in [0.5, 0.6) is 0 Å². The summed E-state index contributed by atoms with van der Waals surface area (Å²) >= 11 is 0. The van der Waals surface area contributed by atoms with E-state index >= 15 is 0 Å². The van der Waals surface area contributed by atoms with Crippen molar-refractivity contribution >= 4 is 5.91 Å². The van der Waals surface area contributed by atoms with Crippen molar-refractivity contribution in [1.82, 2.24) is 10.6 Å². The Bertz CT molecular complexity index is 272. The SMILES string of the molecule is CCCNC1COCC1C(=O)NCCC(F)(F)F. The summed E-state index contributed by atoms with van der Waals surface area (Å²) in [6.45, 7) is 3.08. The maximum atomic E-state index is 11.9. The van der Waals surface area contributed by atoms with Gasteiger partial charge in [0.05, 0.1) is 25.6 Å². The fourth-order valence-electron chi connectivity index (χ4n) is 1.80. The van der Waals surface area contributed by atoms with E-state index in [0.717, 1.165) is 13.0 Å². The highest BCUT2D eigenvalue weighted by atomic mass is 19.4. The highest BCUT2D eigenvalue weighted by molar-refractivity contribution is 5.79. The minimum atomic E-state index is -4.24. The summed E-state index contributed by atoms with van der Waals surface area (Å²) in [7, 11) is 0. The summed E-state index contributed by atoms with van der Waals surface area (Å²) in [5, 5.41) is 5.47. The van der Waals surface area contributed by atoms with Gasteiger partial charge in [-0.25, -0.2) is 0 Å². The summed E-state index contributed by atoms with van der Waals surface area (Å²) in [4.78, 5) is 11.7. The smallest absolute Gasteiger partial charge is 0.379 e. The van der Waals surface area contributed by atoms with Crippen LogP contribution in [0.25, 0.3) is 0 Å². The van der Waals surface area contributed by atoms with Gasteiger partial charge in [-0.1, -0.05) is 6.92 Å². The molecule has 0 aliphatic carbocycles. The van der Waals surface area contributed by atoms with E-state index in [1.54, 1.807) is 0 Å². The molecule has 0 saturated carbocycles. The van der Waals surface area contributed by atoms with Crippen molar-refractivity contribution in [3.05, 3.63) is 0 Å². The van der Waals surface area contributed by atoms with E-state index < -0.39 is 18.5 Å². The van der Waals surface area contributed by atoms with Crippen molar-refractivity contribution in [2.24, 2.45) is 5.92 Å². The molecular weight excluding hydrogens is 249 g/mol. The van der Waals surface area contributed by atoms with Crippen LogP contribution in [-0.4, -0.2) is 44.4 Å². The monoisotopic (exact) mass is 268 g/mol. The van der Waals surface area contributed by atoms with E-state index in [1.807, 2.05) is 6.92 Å². The van der Waals surface area contributed by atoms with Crippen LogP contribution in [0.2, 0.25) is 0 Å². The van der Waals surface area contributed by atoms with Gasteiger partial charge in [0.15, 0.2) is 0 Å². The number of alkyl halides is 3. The normalized spacial score (nSPS) is 24.2. The Morgan fingerprint density at radius 3 is 2.67 bits per heavy atom. The molecule has 0 aromatic carbocycles. The van der Waals surface area contributed by atoms with Gasteiger partial charge in [-0.15, -0.1) is 0 Å². The lowest BCUT2D eigenvalue weighted by Crippen LogP contribution is -2.44. The lowest BCUT2D eigenvalue weighted by atomic mass is 10.0. The Balaban J connectivity index is 2.31. The van der Waals surface area contributed by atoms with E-state index in [0.29, 0.717) is 6.61 Å². The number of carbonyl (C=O) groups excluding carboxylic acids is 1. The second kappa shape index (κ2) is 6.94. The number of amides is 1. The zero-order chi connectivity index (χ0) is 13.6. The third-order valence-electron chi connectivity index (χ3n) is 2.78. The van der Waals surface area contributed by atoms with Crippen molar-refractivity contribution in [2.75, 3.05) is 26.3 Å². The first kappa shape index (κ1) is 15.2. The number of nitrogens with one attached hydrogen (secondary N) is 2. The summed E-state index contributed by atoms with van der Waals surface area (Å²) in [6.07, 6.45) is -4.31. The third-order valence-corrected chi connectivity index (χ3v) is 2.78. The molecule has 18 heavy (non-hydrogen) atoms. The minimum absolute atomic E-state index is 0.101. The highest BCUT2D eigenvalue weighted by Crippen LogP contribution is 2.19. The van der Waals surface area contributed by atoms with Crippen LogP contribution in [0.15, 0.2) is 0 Å². The number of carbonyl (C=O) groups is 1. The second-order valence-electron chi connectivity index (χ2n) is 4.36. The van der Waals surface area contributed by atoms with Crippen LogP contribution in [0.4, 0.5) is 13.2 Å². The molecule has 0 radical (unpaired) electrons. The predicted molar refractivity (Wildman–Crippen MR) is 60.1 cm³/mol. The van der Waals surface area contributed by atoms with Gasteiger partial charge >= 0.3 is 6.18 Å². The van der Waals surface area contributed by atoms with Gasteiger partial charge in [0.2, 0.25) is 5.91 Å². The van der Waals surface area contributed by atoms with Crippen molar-refractivity contribution in [2.45, 2.75) is 32.0 Å². The topological polar surface area (TPSA) is 50.4 Å². The molecule has 4 nitrogen and oxygen atoms in total. The van der Waals surface area contributed by atoms with Crippen LogP contribution in [0.3, 0.4) is 0 Å². The number of ether oxygens (including phenoxy) is 1. The molecule has 106 valence electrons. The van der Waals surface area contributed by atoms with E-state index in [4.69, 9.17) is 4.74 Å². The number of hydrogen-bond donors (Lipinski definition) is 2. The average Bonchev–Trinajstić information content (AvgIpc) is 2.72. The van der Waals surface area contributed by atoms with Crippen molar-refractivity contribution < 1.29 is 22.7 Å². The molecule has 1 heterocycles. The second-order valence-corrected chi connectivity index (χ2v) is 4.36. The first-order valence-corrected chi connectivity index (χ1v) is 6.09. The van der Waals surface area contributed by atoms with E-state index in [9.17, 15) is 18.0 Å². The van der Waals surface area contributed by atoms with Crippen molar-refractivity contribution in [3.8, 4) is 0 Å². The summed E-state index contributed by atoms with van der Waals surface area (Å²) in [6, 6.07) is -0.101. The maximum absolute atomic E-state index is 11.9. The molecular formula is C11H19F3N2O2. The lowest BCUT2D eigenvalue weighted by molar-refractivity contribution is -0.136. The Morgan fingerprint density at radius 1 is 1.33 bits per heavy atom. The summed E-state index contributed by atoms with van der Waals surface area (Å²) in [5.74, 6) is -0.768. The standard InChI is InChI=1S/C11H19F3N2O2/c1-2-4-15-9-7-18-6-8(9)10(17)16-5-3-11(12,13)14/h8-9,15H,2-7H2,1H3,(H,16,17). The molecule has 7 heteroatoms. The molecule has 1 rings (SSSR count). The molecule has 1 aliphatic rings. The van der Waals surface area contributed by atoms with E-state index in [2.05, 4.69) is 10.6 Å². The molecule has 2 N–H and O–H groups in total. The third kappa shape index (κ3) is 5.22. The van der Waals surface area contributed by atoms with Crippen LogP contribution in [0.1, 0.15) is 19.8 Å². The molecule has 1 aliphatic heterocycles. The van der Waals surface area contributed by atoms with E-state index in [-0.39, 0.29) is 25.1 Å². The minimum Gasteiger partial charge on any atom is -0.379 e. The summed E-state index contributed by atoms with van der Waals surface area (Å²) < 4.78 is 41.0. The molecule has 1 amide bonds. The van der Waals surface area contributed by atoms with Crippen molar-refractivity contribution in [1.29, 1.82) is 0 Å². The largest absolute Gasteiger partial charge is 0.390 e. The zero-order valence-electron chi connectivity index (χ0n) is 10.3. The van der Waals surface area contributed by atoms with Gasteiger partial charge in [-0.2, -0.15) is 13.2 Å². The fraction of sp³-hybridized carbons (Fsp3) is 0.909. The number of halogens is 3.